The first-order valence-electron chi connectivity index (χ1n) is 8.96. The van der Waals surface area contributed by atoms with Gasteiger partial charge < -0.3 is 25.8 Å². The van der Waals surface area contributed by atoms with Crippen molar-refractivity contribution in [1.29, 1.82) is 0 Å². The number of nitrogens with zero attached hydrogens (tertiary/aromatic N) is 2. The van der Waals surface area contributed by atoms with Crippen molar-refractivity contribution in [3.63, 3.8) is 0 Å². The molecule has 0 saturated carbocycles. The van der Waals surface area contributed by atoms with Crippen molar-refractivity contribution in [3.8, 4) is 5.75 Å². The highest BCUT2D eigenvalue weighted by Gasteiger charge is 2.21. The number of rotatable bonds is 8. The standard InChI is InChI=1S/C18H27ClN4O4/c1-26-16-12-15(21)14(19)11-13(16)18(25)27-10-9-22-5-7-23(8-6-22)17(24)3-2-4-20/h11-12H,2-10,20-21H2,1H3. The minimum absolute atomic E-state index is 0.152. The fourth-order valence-corrected chi connectivity index (χ4v) is 3.04. The smallest absolute Gasteiger partial charge is 0.342 e. The maximum atomic E-state index is 12.3. The number of hydrogen-bond acceptors (Lipinski definition) is 7. The van der Waals surface area contributed by atoms with Gasteiger partial charge in [-0.1, -0.05) is 11.6 Å². The molecule has 0 spiro atoms. The molecular formula is C18H27ClN4O4. The summed E-state index contributed by atoms with van der Waals surface area (Å²) in [5.74, 6) is -0.0327. The summed E-state index contributed by atoms with van der Waals surface area (Å²) < 4.78 is 10.5. The highest BCUT2D eigenvalue weighted by molar-refractivity contribution is 6.33. The zero-order valence-electron chi connectivity index (χ0n) is 15.6. The van der Waals surface area contributed by atoms with Crippen molar-refractivity contribution < 1.29 is 19.1 Å². The second-order valence-electron chi connectivity index (χ2n) is 6.32. The molecule has 0 radical (unpaired) electrons. The fraction of sp³-hybridized carbons (Fsp3) is 0.556. The van der Waals surface area contributed by atoms with Gasteiger partial charge in [0.05, 0.1) is 17.8 Å². The lowest BCUT2D eigenvalue weighted by Gasteiger charge is -2.34. The second-order valence-corrected chi connectivity index (χ2v) is 6.73. The van der Waals surface area contributed by atoms with Gasteiger partial charge in [-0.25, -0.2) is 4.79 Å². The van der Waals surface area contributed by atoms with E-state index in [1.165, 1.54) is 19.2 Å². The van der Waals surface area contributed by atoms with Crippen molar-refractivity contribution >= 4 is 29.2 Å². The number of halogens is 1. The number of benzene rings is 1. The summed E-state index contributed by atoms with van der Waals surface area (Å²) in [5.41, 5.74) is 11.7. The van der Waals surface area contributed by atoms with E-state index in [2.05, 4.69) is 4.90 Å². The van der Waals surface area contributed by atoms with Gasteiger partial charge >= 0.3 is 5.97 Å². The number of piperazine rings is 1. The summed E-state index contributed by atoms with van der Waals surface area (Å²) >= 11 is 5.98. The van der Waals surface area contributed by atoms with E-state index < -0.39 is 5.97 Å². The number of carbonyl (C=O) groups excluding carboxylic acids is 2. The Morgan fingerprint density at radius 1 is 1.22 bits per heavy atom. The SMILES string of the molecule is COc1cc(N)c(Cl)cc1C(=O)OCCN1CCN(C(=O)CCCN)CC1. The lowest BCUT2D eigenvalue weighted by Crippen LogP contribution is -2.49. The van der Waals surface area contributed by atoms with Crippen LogP contribution in [0.1, 0.15) is 23.2 Å². The summed E-state index contributed by atoms with van der Waals surface area (Å²) in [6.45, 7) is 4.23. The first-order valence-corrected chi connectivity index (χ1v) is 9.34. The van der Waals surface area contributed by atoms with Crippen LogP contribution in [-0.2, 0) is 9.53 Å². The highest BCUT2D eigenvalue weighted by Crippen LogP contribution is 2.29. The maximum Gasteiger partial charge on any atom is 0.342 e. The minimum Gasteiger partial charge on any atom is -0.496 e. The third-order valence-corrected chi connectivity index (χ3v) is 4.83. The number of anilines is 1. The van der Waals surface area contributed by atoms with Crippen molar-refractivity contribution in [2.45, 2.75) is 12.8 Å². The molecule has 27 heavy (non-hydrogen) atoms. The van der Waals surface area contributed by atoms with Crippen LogP contribution in [0.3, 0.4) is 0 Å². The Kier molecular flexibility index (Phi) is 8.15. The van der Waals surface area contributed by atoms with Gasteiger partial charge in [-0.2, -0.15) is 0 Å². The largest absolute Gasteiger partial charge is 0.496 e. The third kappa shape index (κ3) is 5.98. The van der Waals surface area contributed by atoms with Crippen molar-refractivity contribution in [1.82, 2.24) is 9.80 Å². The number of carbonyl (C=O) groups is 2. The number of nitrogen functional groups attached to an aromatic ring is 1. The van der Waals surface area contributed by atoms with Gasteiger partial charge in [-0.3, -0.25) is 9.69 Å². The lowest BCUT2D eigenvalue weighted by molar-refractivity contribution is -0.133. The fourth-order valence-electron chi connectivity index (χ4n) is 2.87. The summed E-state index contributed by atoms with van der Waals surface area (Å²) in [6, 6.07) is 2.95. The molecule has 1 aromatic carbocycles. The number of amides is 1. The molecule has 1 aliphatic rings. The molecule has 1 aliphatic heterocycles. The van der Waals surface area contributed by atoms with Gasteiger partial charge in [0, 0.05) is 45.2 Å². The average molecular weight is 399 g/mol. The third-order valence-electron chi connectivity index (χ3n) is 4.50. The summed E-state index contributed by atoms with van der Waals surface area (Å²) in [4.78, 5) is 28.3. The molecule has 8 nitrogen and oxygen atoms in total. The van der Waals surface area contributed by atoms with Crippen molar-refractivity contribution in [3.05, 3.63) is 22.7 Å². The molecule has 1 aromatic rings. The van der Waals surface area contributed by atoms with E-state index >= 15 is 0 Å². The van der Waals surface area contributed by atoms with Crippen molar-refractivity contribution in [2.75, 3.05) is 58.7 Å². The predicted octanol–water partition coefficient (Wildman–Crippen LogP) is 0.971. The zero-order valence-corrected chi connectivity index (χ0v) is 16.3. The number of methoxy groups -OCH3 is 1. The molecule has 4 N–H and O–H groups in total. The Bertz CT molecular complexity index is 663. The number of ether oxygens (including phenoxy) is 2. The van der Waals surface area contributed by atoms with Crippen LogP contribution < -0.4 is 16.2 Å². The van der Waals surface area contributed by atoms with Gasteiger partial charge in [-0.05, 0) is 19.0 Å². The molecule has 1 fully saturated rings. The minimum atomic E-state index is -0.510. The molecule has 150 valence electrons. The topological polar surface area (TPSA) is 111 Å². The maximum absolute atomic E-state index is 12.3. The summed E-state index contributed by atoms with van der Waals surface area (Å²) in [5, 5.41) is 0.276. The molecule has 0 bridgehead atoms. The van der Waals surface area contributed by atoms with Gasteiger partial charge in [0.25, 0.3) is 0 Å². The van der Waals surface area contributed by atoms with Crippen LogP contribution in [0.4, 0.5) is 5.69 Å². The Morgan fingerprint density at radius 3 is 2.56 bits per heavy atom. The Balaban J connectivity index is 1.77. The van der Waals surface area contributed by atoms with Crippen LogP contribution in [0.15, 0.2) is 12.1 Å². The number of hydrogen-bond donors (Lipinski definition) is 2. The molecule has 1 saturated heterocycles. The zero-order chi connectivity index (χ0) is 19.8. The van der Waals surface area contributed by atoms with Gasteiger partial charge in [0.15, 0.2) is 0 Å². The van der Waals surface area contributed by atoms with Crippen LogP contribution in [0.5, 0.6) is 5.75 Å². The van der Waals surface area contributed by atoms with E-state index in [9.17, 15) is 9.59 Å². The Labute approximate surface area is 164 Å². The van der Waals surface area contributed by atoms with E-state index in [0.717, 1.165) is 13.1 Å². The van der Waals surface area contributed by atoms with Crippen LogP contribution in [0, 0.1) is 0 Å². The molecule has 1 heterocycles. The monoisotopic (exact) mass is 398 g/mol. The summed E-state index contributed by atoms with van der Waals surface area (Å²) in [6.07, 6.45) is 1.22. The second kappa shape index (κ2) is 10.3. The van der Waals surface area contributed by atoms with Crippen LogP contribution in [-0.4, -0.2) is 74.7 Å². The van der Waals surface area contributed by atoms with E-state index in [-0.39, 0.29) is 23.1 Å². The summed E-state index contributed by atoms with van der Waals surface area (Å²) in [7, 11) is 1.45. The van der Waals surface area contributed by atoms with Crippen LogP contribution in [0.2, 0.25) is 5.02 Å². The first-order chi connectivity index (χ1) is 13.0. The average Bonchev–Trinajstić information content (AvgIpc) is 2.68. The van der Waals surface area contributed by atoms with E-state index in [1.807, 2.05) is 4.90 Å². The molecular weight excluding hydrogens is 372 g/mol. The number of esters is 1. The highest BCUT2D eigenvalue weighted by atomic mass is 35.5. The molecule has 2 rings (SSSR count). The number of nitrogens with two attached hydrogens (primary N) is 2. The molecule has 1 amide bonds. The normalized spacial score (nSPS) is 14.9. The van der Waals surface area contributed by atoms with Gasteiger partial charge in [0.1, 0.15) is 17.9 Å². The van der Waals surface area contributed by atoms with Crippen LogP contribution in [0.25, 0.3) is 0 Å². The quantitative estimate of drug-likeness (QED) is 0.495. The molecule has 0 aliphatic carbocycles. The Morgan fingerprint density at radius 2 is 1.93 bits per heavy atom. The van der Waals surface area contributed by atoms with Gasteiger partial charge in [0.2, 0.25) is 5.91 Å². The van der Waals surface area contributed by atoms with E-state index in [4.69, 9.17) is 32.5 Å². The van der Waals surface area contributed by atoms with E-state index in [1.54, 1.807) is 0 Å². The van der Waals surface area contributed by atoms with Gasteiger partial charge in [-0.15, -0.1) is 0 Å². The molecule has 0 aromatic heterocycles. The predicted molar refractivity (Wildman–Crippen MR) is 104 cm³/mol. The molecule has 9 heteroatoms. The Hall–Kier alpha value is -2.03. The molecule has 0 atom stereocenters. The lowest BCUT2D eigenvalue weighted by atomic mass is 10.2. The first kappa shape index (κ1) is 21.3. The molecule has 0 unspecified atom stereocenters. The van der Waals surface area contributed by atoms with Crippen LogP contribution >= 0.6 is 11.6 Å². The van der Waals surface area contributed by atoms with Crippen molar-refractivity contribution in [2.24, 2.45) is 5.73 Å². The van der Waals surface area contributed by atoms with E-state index in [0.29, 0.717) is 50.5 Å².